The summed E-state index contributed by atoms with van der Waals surface area (Å²) in [6, 6.07) is 6.76. The van der Waals surface area contributed by atoms with Crippen molar-refractivity contribution < 1.29 is 23.9 Å². The summed E-state index contributed by atoms with van der Waals surface area (Å²) < 4.78 is 10.1. The molecule has 144 valence electrons. The van der Waals surface area contributed by atoms with E-state index in [4.69, 9.17) is 9.47 Å². The Morgan fingerprint density at radius 3 is 2.23 bits per heavy atom. The van der Waals surface area contributed by atoms with Gasteiger partial charge >= 0.3 is 12.0 Å². The third kappa shape index (κ3) is 8.00. The Kier molecular flexibility index (Phi) is 8.09. The van der Waals surface area contributed by atoms with Gasteiger partial charge in [-0.3, -0.25) is 10.1 Å². The molecule has 2 N–H and O–H groups in total. The van der Waals surface area contributed by atoms with E-state index in [-0.39, 0.29) is 18.1 Å². The molecule has 0 unspecified atom stereocenters. The quantitative estimate of drug-likeness (QED) is 0.725. The van der Waals surface area contributed by atoms with Gasteiger partial charge in [0.25, 0.3) is 5.91 Å². The topological polar surface area (TPSA) is 93.7 Å². The van der Waals surface area contributed by atoms with Gasteiger partial charge < -0.3 is 14.8 Å². The van der Waals surface area contributed by atoms with E-state index in [2.05, 4.69) is 31.4 Å². The molecule has 0 saturated heterocycles. The van der Waals surface area contributed by atoms with E-state index in [1.54, 1.807) is 12.1 Å². The van der Waals surface area contributed by atoms with Crippen molar-refractivity contribution in [2.45, 2.75) is 52.5 Å². The summed E-state index contributed by atoms with van der Waals surface area (Å²) >= 11 is 0. The molecule has 0 aliphatic carbocycles. The van der Waals surface area contributed by atoms with E-state index in [9.17, 15) is 14.4 Å². The summed E-state index contributed by atoms with van der Waals surface area (Å²) in [7, 11) is 0. The average molecular weight is 364 g/mol. The van der Waals surface area contributed by atoms with Gasteiger partial charge in [-0.2, -0.15) is 0 Å². The molecule has 1 rings (SSSR count). The Bertz CT molecular complexity index is 620. The molecule has 1 aromatic carbocycles. The molecule has 3 amide bonds. The Balaban J connectivity index is 2.32. The number of nitrogens with one attached hydrogen (secondary N) is 2. The van der Waals surface area contributed by atoms with E-state index < -0.39 is 24.5 Å². The van der Waals surface area contributed by atoms with Gasteiger partial charge in [-0.05, 0) is 36.5 Å². The molecular formula is C19H28N2O5. The van der Waals surface area contributed by atoms with Crippen LogP contribution in [0.5, 0.6) is 5.75 Å². The predicted octanol–water partition coefficient (Wildman–Crippen LogP) is 2.53. The number of carbonyl (C=O) groups is 3. The molecule has 0 bridgehead atoms. The maximum Gasteiger partial charge on any atom is 0.344 e. The van der Waals surface area contributed by atoms with Crippen molar-refractivity contribution in [1.82, 2.24) is 10.6 Å². The minimum Gasteiger partial charge on any atom is -0.482 e. The van der Waals surface area contributed by atoms with Crippen LogP contribution in [0, 0.1) is 0 Å². The summed E-state index contributed by atoms with van der Waals surface area (Å²) in [5, 5.41) is 4.66. The Hall–Kier alpha value is -2.57. The first kappa shape index (κ1) is 21.5. The number of benzene rings is 1. The first-order valence-electron chi connectivity index (χ1n) is 8.61. The van der Waals surface area contributed by atoms with Crippen LogP contribution in [-0.2, 0) is 19.7 Å². The number of esters is 1. The predicted molar refractivity (Wildman–Crippen MR) is 98.0 cm³/mol. The number of urea groups is 1. The van der Waals surface area contributed by atoms with Crippen LogP contribution in [0.25, 0.3) is 0 Å². The van der Waals surface area contributed by atoms with Gasteiger partial charge in [0.2, 0.25) is 0 Å². The molecule has 0 aliphatic rings. The van der Waals surface area contributed by atoms with Crippen molar-refractivity contribution in [3.63, 3.8) is 0 Å². The van der Waals surface area contributed by atoms with E-state index in [1.807, 2.05) is 26.0 Å². The fraction of sp³-hybridized carbons (Fsp3) is 0.526. The van der Waals surface area contributed by atoms with Gasteiger partial charge in [0, 0.05) is 6.04 Å². The second-order valence-corrected chi connectivity index (χ2v) is 7.05. The average Bonchev–Trinajstić information content (AvgIpc) is 2.57. The third-order valence-electron chi connectivity index (χ3n) is 3.68. The smallest absolute Gasteiger partial charge is 0.344 e. The SMILES string of the molecule is CC[C@@H](C)NC(=O)NC(=O)COC(=O)COc1ccc(C(C)(C)C)cc1. The third-order valence-corrected chi connectivity index (χ3v) is 3.68. The number of carbonyl (C=O) groups excluding carboxylic acids is 3. The van der Waals surface area contributed by atoms with Gasteiger partial charge in [-0.1, -0.05) is 39.8 Å². The monoisotopic (exact) mass is 364 g/mol. The molecule has 1 atom stereocenters. The molecule has 0 fully saturated rings. The van der Waals surface area contributed by atoms with Crippen LogP contribution in [0.3, 0.4) is 0 Å². The van der Waals surface area contributed by atoms with Crippen LogP contribution in [-0.4, -0.2) is 37.2 Å². The fourth-order valence-electron chi connectivity index (χ4n) is 1.91. The normalized spacial score (nSPS) is 12.0. The summed E-state index contributed by atoms with van der Waals surface area (Å²) in [5.41, 5.74) is 1.19. The van der Waals surface area contributed by atoms with Crippen molar-refractivity contribution in [1.29, 1.82) is 0 Å². The molecule has 0 radical (unpaired) electrons. The molecule has 0 spiro atoms. The highest BCUT2D eigenvalue weighted by atomic mass is 16.6. The number of amides is 3. The van der Waals surface area contributed by atoms with Crippen molar-refractivity contribution in [3.8, 4) is 5.75 Å². The van der Waals surface area contributed by atoms with Crippen molar-refractivity contribution in [2.75, 3.05) is 13.2 Å². The van der Waals surface area contributed by atoms with Crippen molar-refractivity contribution in [2.24, 2.45) is 0 Å². The number of rotatable bonds is 7. The lowest BCUT2D eigenvalue weighted by molar-refractivity contribution is -0.150. The molecular weight excluding hydrogens is 336 g/mol. The minimum atomic E-state index is -0.700. The lowest BCUT2D eigenvalue weighted by Crippen LogP contribution is -2.44. The molecule has 0 aromatic heterocycles. The van der Waals surface area contributed by atoms with Gasteiger partial charge in [0.15, 0.2) is 13.2 Å². The molecule has 26 heavy (non-hydrogen) atoms. The van der Waals surface area contributed by atoms with Crippen LogP contribution >= 0.6 is 0 Å². The summed E-state index contributed by atoms with van der Waals surface area (Å²) in [6.07, 6.45) is 0.741. The highest BCUT2D eigenvalue weighted by Gasteiger charge is 2.14. The first-order valence-corrected chi connectivity index (χ1v) is 8.61. The molecule has 0 saturated carbocycles. The zero-order valence-corrected chi connectivity index (χ0v) is 16.0. The summed E-state index contributed by atoms with van der Waals surface area (Å²) in [5.74, 6) is -0.858. The van der Waals surface area contributed by atoms with Gasteiger partial charge in [-0.15, -0.1) is 0 Å². The second kappa shape index (κ2) is 9.79. The lowest BCUT2D eigenvalue weighted by Gasteiger charge is -2.19. The lowest BCUT2D eigenvalue weighted by atomic mass is 9.87. The van der Waals surface area contributed by atoms with Gasteiger partial charge in [0.05, 0.1) is 0 Å². The zero-order chi connectivity index (χ0) is 19.7. The van der Waals surface area contributed by atoms with E-state index in [0.717, 1.165) is 12.0 Å². The van der Waals surface area contributed by atoms with Gasteiger partial charge in [0.1, 0.15) is 5.75 Å². The van der Waals surface area contributed by atoms with Crippen LogP contribution in [0.1, 0.15) is 46.6 Å². The number of ether oxygens (including phenoxy) is 2. The standard InChI is InChI=1S/C19H28N2O5/c1-6-13(2)20-18(24)21-16(22)11-26-17(23)12-25-15-9-7-14(8-10-15)19(3,4)5/h7-10,13H,6,11-12H2,1-5H3,(H2,20,21,22,24)/t13-/m1/s1. The Morgan fingerprint density at radius 2 is 1.69 bits per heavy atom. The summed E-state index contributed by atoms with van der Waals surface area (Å²) in [4.78, 5) is 34.6. The van der Waals surface area contributed by atoms with Crippen LogP contribution < -0.4 is 15.4 Å². The first-order chi connectivity index (χ1) is 12.1. The van der Waals surface area contributed by atoms with E-state index in [0.29, 0.717) is 5.75 Å². The largest absolute Gasteiger partial charge is 0.482 e. The molecule has 1 aromatic rings. The Morgan fingerprint density at radius 1 is 1.08 bits per heavy atom. The van der Waals surface area contributed by atoms with E-state index in [1.165, 1.54) is 0 Å². The van der Waals surface area contributed by atoms with Crippen molar-refractivity contribution in [3.05, 3.63) is 29.8 Å². The maximum absolute atomic E-state index is 11.6. The van der Waals surface area contributed by atoms with Crippen LogP contribution in [0.15, 0.2) is 24.3 Å². The molecule has 0 aliphatic heterocycles. The number of hydrogen-bond acceptors (Lipinski definition) is 5. The zero-order valence-electron chi connectivity index (χ0n) is 16.0. The Labute approximate surface area is 154 Å². The molecule has 7 heteroatoms. The van der Waals surface area contributed by atoms with Gasteiger partial charge in [-0.25, -0.2) is 9.59 Å². The van der Waals surface area contributed by atoms with E-state index >= 15 is 0 Å². The molecule has 7 nitrogen and oxygen atoms in total. The molecule has 0 heterocycles. The maximum atomic E-state index is 11.6. The van der Waals surface area contributed by atoms with Crippen molar-refractivity contribution >= 4 is 17.9 Å². The van der Waals surface area contributed by atoms with Crippen LogP contribution in [0.4, 0.5) is 4.79 Å². The number of imide groups is 1. The summed E-state index contributed by atoms with van der Waals surface area (Å²) in [6.45, 7) is 9.18. The van der Waals surface area contributed by atoms with Crippen LogP contribution in [0.2, 0.25) is 0 Å². The highest BCUT2D eigenvalue weighted by Crippen LogP contribution is 2.24. The fourth-order valence-corrected chi connectivity index (χ4v) is 1.91. The second-order valence-electron chi connectivity index (χ2n) is 7.05. The number of hydrogen-bond donors (Lipinski definition) is 2. The minimum absolute atomic E-state index is 0.0338. The highest BCUT2D eigenvalue weighted by molar-refractivity contribution is 5.95.